The molecule has 2 heteroatoms. The standard InChI is InChI=1S/C6H11NO/c1-5(2)6-3-8-4-7-6/h4-6H,3H2,1-2H3/t6-/m1/s1. The number of hydrogen-bond donors (Lipinski definition) is 0. The molecule has 0 saturated carbocycles. The quantitative estimate of drug-likeness (QED) is 0.498. The van der Waals surface area contributed by atoms with Crippen LogP contribution >= 0.6 is 0 Å². The zero-order valence-corrected chi connectivity index (χ0v) is 5.29. The lowest BCUT2D eigenvalue weighted by molar-refractivity contribution is 0.299. The zero-order chi connectivity index (χ0) is 5.98. The van der Waals surface area contributed by atoms with Crippen LogP contribution in [0.3, 0.4) is 0 Å². The highest BCUT2D eigenvalue weighted by Gasteiger charge is 2.14. The predicted octanol–water partition coefficient (Wildman–Crippen LogP) is 1.07. The molecule has 2 nitrogen and oxygen atoms in total. The van der Waals surface area contributed by atoms with Crippen LogP contribution in [-0.4, -0.2) is 19.0 Å². The first-order chi connectivity index (χ1) is 3.80. The second-order valence-corrected chi connectivity index (χ2v) is 2.40. The number of aliphatic imine (C=N–C) groups is 1. The van der Waals surface area contributed by atoms with Gasteiger partial charge < -0.3 is 4.74 Å². The van der Waals surface area contributed by atoms with E-state index in [1.807, 2.05) is 0 Å². The molecule has 0 N–H and O–H groups in total. The minimum Gasteiger partial charge on any atom is -0.481 e. The number of hydrogen-bond acceptors (Lipinski definition) is 2. The Hall–Kier alpha value is -0.530. The maximum Gasteiger partial charge on any atom is 0.169 e. The Labute approximate surface area is 49.6 Å². The minimum absolute atomic E-state index is 0.412. The molecule has 0 radical (unpaired) electrons. The number of ether oxygens (including phenoxy) is 1. The summed E-state index contributed by atoms with van der Waals surface area (Å²) in [4.78, 5) is 4.09. The largest absolute Gasteiger partial charge is 0.481 e. The molecule has 0 aliphatic carbocycles. The maximum atomic E-state index is 4.93. The van der Waals surface area contributed by atoms with Crippen LogP contribution in [0.1, 0.15) is 13.8 Å². The van der Waals surface area contributed by atoms with Gasteiger partial charge in [-0.15, -0.1) is 0 Å². The van der Waals surface area contributed by atoms with Crippen LogP contribution in [0.2, 0.25) is 0 Å². The first-order valence-electron chi connectivity index (χ1n) is 2.94. The van der Waals surface area contributed by atoms with Gasteiger partial charge >= 0.3 is 0 Å². The van der Waals surface area contributed by atoms with Crippen molar-refractivity contribution in [3.63, 3.8) is 0 Å². The van der Waals surface area contributed by atoms with E-state index >= 15 is 0 Å². The molecule has 8 heavy (non-hydrogen) atoms. The van der Waals surface area contributed by atoms with E-state index in [2.05, 4.69) is 18.8 Å². The SMILES string of the molecule is CC(C)[C@H]1COC=N1. The molecule has 0 aromatic heterocycles. The summed E-state index contributed by atoms with van der Waals surface area (Å²) >= 11 is 0. The van der Waals surface area contributed by atoms with Gasteiger partial charge in [0.25, 0.3) is 0 Å². The van der Waals surface area contributed by atoms with Gasteiger partial charge in [0.15, 0.2) is 6.40 Å². The Balaban J connectivity index is 2.36. The molecule has 1 aliphatic rings. The van der Waals surface area contributed by atoms with E-state index in [1.54, 1.807) is 6.40 Å². The third-order valence-corrected chi connectivity index (χ3v) is 1.36. The summed E-state index contributed by atoms with van der Waals surface area (Å²) in [6, 6.07) is 0.412. The lowest BCUT2D eigenvalue weighted by atomic mass is 10.1. The first-order valence-corrected chi connectivity index (χ1v) is 2.94. The molecule has 0 amide bonds. The van der Waals surface area contributed by atoms with Crippen LogP contribution in [-0.2, 0) is 4.74 Å². The predicted molar refractivity (Wildman–Crippen MR) is 33.1 cm³/mol. The van der Waals surface area contributed by atoms with Crippen LogP contribution in [0.25, 0.3) is 0 Å². The van der Waals surface area contributed by atoms with Crippen molar-refractivity contribution < 1.29 is 4.74 Å². The molecule has 0 aromatic rings. The highest BCUT2D eigenvalue weighted by molar-refractivity contribution is 5.48. The van der Waals surface area contributed by atoms with Crippen LogP contribution in [0, 0.1) is 5.92 Å². The van der Waals surface area contributed by atoms with Crippen LogP contribution in [0.4, 0.5) is 0 Å². The van der Waals surface area contributed by atoms with Gasteiger partial charge in [-0.05, 0) is 5.92 Å². The van der Waals surface area contributed by atoms with Gasteiger partial charge in [0, 0.05) is 0 Å². The lowest BCUT2D eigenvalue weighted by Gasteiger charge is -2.06. The van der Waals surface area contributed by atoms with Crippen molar-refractivity contribution in [2.24, 2.45) is 10.9 Å². The molecular formula is C6H11NO. The molecule has 0 spiro atoms. The van der Waals surface area contributed by atoms with Gasteiger partial charge in [-0.3, -0.25) is 4.99 Å². The van der Waals surface area contributed by atoms with Gasteiger partial charge in [0.2, 0.25) is 0 Å². The molecule has 1 aliphatic heterocycles. The fourth-order valence-electron chi connectivity index (χ4n) is 0.670. The smallest absolute Gasteiger partial charge is 0.169 e. The highest BCUT2D eigenvalue weighted by Crippen LogP contribution is 2.09. The van der Waals surface area contributed by atoms with Gasteiger partial charge in [0.05, 0.1) is 6.04 Å². The van der Waals surface area contributed by atoms with E-state index in [0.717, 1.165) is 6.61 Å². The molecule has 0 bridgehead atoms. The van der Waals surface area contributed by atoms with Crippen molar-refractivity contribution in [3.8, 4) is 0 Å². The monoisotopic (exact) mass is 113 g/mol. The van der Waals surface area contributed by atoms with E-state index in [0.29, 0.717) is 12.0 Å². The average Bonchev–Trinajstić information content (AvgIpc) is 2.12. The molecule has 46 valence electrons. The molecule has 1 atom stereocenters. The summed E-state index contributed by atoms with van der Waals surface area (Å²) in [6.45, 7) is 5.07. The molecular weight excluding hydrogens is 102 g/mol. The Kier molecular flexibility index (Phi) is 1.51. The summed E-state index contributed by atoms with van der Waals surface area (Å²) < 4.78 is 4.93. The van der Waals surface area contributed by atoms with Crippen molar-refractivity contribution in [1.82, 2.24) is 0 Å². The van der Waals surface area contributed by atoms with Gasteiger partial charge in [-0.2, -0.15) is 0 Å². The molecule has 1 heterocycles. The molecule has 1 rings (SSSR count). The van der Waals surface area contributed by atoms with Crippen molar-refractivity contribution in [1.29, 1.82) is 0 Å². The number of nitrogens with zero attached hydrogens (tertiary/aromatic N) is 1. The summed E-state index contributed by atoms with van der Waals surface area (Å²) in [5, 5.41) is 0. The van der Waals surface area contributed by atoms with Crippen LogP contribution in [0.15, 0.2) is 4.99 Å². The van der Waals surface area contributed by atoms with E-state index < -0.39 is 0 Å². The van der Waals surface area contributed by atoms with Crippen LogP contribution < -0.4 is 0 Å². The van der Waals surface area contributed by atoms with Crippen LogP contribution in [0.5, 0.6) is 0 Å². The van der Waals surface area contributed by atoms with Gasteiger partial charge in [0.1, 0.15) is 6.61 Å². The van der Waals surface area contributed by atoms with E-state index in [9.17, 15) is 0 Å². The summed E-state index contributed by atoms with van der Waals surface area (Å²) in [5.41, 5.74) is 0. The second-order valence-electron chi connectivity index (χ2n) is 2.40. The van der Waals surface area contributed by atoms with E-state index in [4.69, 9.17) is 4.74 Å². The van der Waals surface area contributed by atoms with Crippen molar-refractivity contribution >= 4 is 6.40 Å². The fourth-order valence-corrected chi connectivity index (χ4v) is 0.670. The molecule has 0 unspecified atom stereocenters. The first kappa shape index (κ1) is 5.60. The third-order valence-electron chi connectivity index (χ3n) is 1.36. The Morgan fingerprint density at radius 2 is 2.50 bits per heavy atom. The highest BCUT2D eigenvalue weighted by atomic mass is 16.5. The van der Waals surface area contributed by atoms with Gasteiger partial charge in [-0.1, -0.05) is 13.8 Å². The zero-order valence-electron chi connectivity index (χ0n) is 5.29. The minimum atomic E-state index is 0.412. The second kappa shape index (κ2) is 2.16. The molecule has 0 saturated heterocycles. The fraction of sp³-hybridized carbons (Fsp3) is 0.833. The Morgan fingerprint density at radius 3 is 2.75 bits per heavy atom. The maximum absolute atomic E-state index is 4.93. The summed E-state index contributed by atoms with van der Waals surface area (Å²) in [6.07, 6.45) is 1.55. The van der Waals surface area contributed by atoms with Crippen molar-refractivity contribution in [2.45, 2.75) is 19.9 Å². The summed E-state index contributed by atoms with van der Waals surface area (Å²) in [7, 11) is 0. The van der Waals surface area contributed by atoms with Crippen molar-refractivity contribution in [2.75, 3.05) is 6.61 Å². The summed E-state index contributed by atoms with van der Waals surface area (Å²) in [5.74, 6) is 0.619. The van der Waals surface area contributed by atoms with Crippen molar-refractivity contribution in [3.05, 3.63) is 0 Å². The Bertz CT molecular complexity index is 98.7. The molecule has 0 aromatic carbocycles. The van der Waals surface area contributed by atoms with Gasteiger partial charge in [-0.25, -0.2) is 0 Å². The van der Waals surface area contributed by atoms with E-state index in [1.165, 1.54) is 0 Å². The Morgan fingerprint density at radius 1 is 1.75 bits per heavy atom. The van der Waals surface area contributed by atoms with E-state index in [-0.39, 0.29) is 0 Å². The number of rotatable bonds is 1. The average molecular weight is 113 g/mol. The lowest BCUT2D eigenvalue weighted by Crippen LogP contribution is -2.13. The third kappa shape index (κ3) is 0.997. The molecule has 0 fully saturated rings. The normalized spacial score (nSPS) is 26.6. The topological polar surface area (TPSA) is 21.6 Å².